The number of aliphatic carboxylic acids is 1. The lowest BCUT2D eigenvalue weighted by molar-refractivity contribution is -0.142. The Labute approximate surface area is 226 Å². The van der Waals surface area contributed by atoms with E-state index >= 15 is 0 Å². The number of benzene rings is 3. The molecule has 10 heteroatoms. The minimum absolute atomic E-state index is 0.00781. The highest BCUT2D eigenvalue weighted by atomic mass is 16.4. The second-order valence-corrected chi connectivity index (χ2v) is 9.69. The Morgan fingerprint density at radius 2 is 1.27 bits per heavy atom. The number of para-hydroxylation sites is 3. The van der Waals surface area contributed by atoms with Crippen LogP contribution < -0.4 is 16.6 Å². The number of hydrogen-bond acceptors (Lipinski definition) is 4. The van der Waals surface area contributed by atoms with Crippen molar-refractivity contribution < 1.29 is 14.7 Å². The van der Waals surface area contributed by atoms with E-state index in [4.69, 9.17) is 0 Å². The molecule has 0 bridgehead atoms. The lowest BCUT2D eigenvalue weighted by atomic mass is 10.0. The monoisotopic (exact) mass is 535 g/mol. The summed E-state index contributed by atoms with van der Waals surface area (Å²) in [6, 6.07) is 18.9. The van der Waals surface area contributed by atoms with E-state index in [9.17, 15) is 24.3 Å². The molecule has 0 unspecified atom stereocenters. The first-order valence-corrected chi connectivity index (χ1v) is 12.8. The van der Waals surface area contributed by atoms with Gasteiger partial charge < -0.3 is 25.4 Å². The minimum atomic E-state index is -1.31. The SMILES string of the molecule is O=C(O)[C@H](Cc1c[nH]c2ccccc12)NC(=O)[C@H](Cc1c[nH]c2ccccc12)n1c(=O)[nH]c2ccccc2c1=O. The molecule has 0 aliphatic rings. The van der Waals surface area contributed by atoms with Gasteiger partial charge in [0, 0.05) is 47.0 Å². The number of hydrogen-bond donors (Lipinski definition) is 5. The van der Waals surface area contributed by atoms with Crippen molar-refractivity contribution in [2.75, 3.05) is 0 Å². The summed E-state index contributed by atoms with van der Waals surface area (Å²) < 4.78 is 0.879. The highest BCUT2D eigenvalue weighted by Crippen LogP contribution is 2.23. The summed E-state index contributed by atoms with van der Waals surface area (Å²) in [7, 11) is 0. The van der Waals surface area contributed by atoms with E-state index in [0.717, 1.165) is 31.9 Å². The van der Waals surface area contributed by atoms with Gasteiger partial charge >= 0.3 is 11.7 Å². The van der Waals surface area contributed by atoms with Crippen LogP contribution in [-0.2, 0) is 22.4 Å². The molecule has 0 aliphatic heterocycles. The highest BCUT2D eigenvalue weighted by Gasteiger charge is 2.30. The summed E-state index contributed by atoms with van der Waals surface area (Å²) in [6.45, 7) is 0. The fraction of sp³-hybridized carbons (Fsp3) is 0.133. The van der Waals surface area contributed by atoms with Crippen molar-refractivity contribution in [3.8, 4) is 0 Å². The molecule has 10 nitrogen and oxygen atoms in total. The van der Waals surface area contributed by atoms with Crippen LogP contribution in [0.1, 0.15) is 17.2 Å². The Morgan fingerprint density at radius 3 is 1.88 bits per heavy atom. The van der Waals surface area contributed by atoms with Gasteiger partial charge in [0.2, 0.25) is 5.91 Å². The third-order valence-corrected chi connectivity index (χ3v) is 7.25. The molecule has 6 aromatic rings. The van der Waals surface area contributed by atoms with Gasteiger partial charge in [0.1, 0.15) is 12.1 Å². The molecule has 0 radical (unpaired) electrons. The summed E-state index contributed by atoms with van der Waals surface area (Å²) in [5.74, 6) is -1.98. The zero-order chi connectivity index (χ0) is 27.8. The van der Waals surface area contributed by atoms with Gasteiger partial charge in [0.25, 0.3) is 5.56 Å². The van der Waals surface area contributed by atoms with Crippen molar-refractivity contribution in [1.29, 1.82) is 0 Å². The van der Waals surface area contributed by atoms with Crippen molar-refractivity contribution in [1.82, 2.24) is 24.8 Å². The molecule has 3 heterocycles. The molecule has 1 amide bonds. The zero-order valence-electron chi connectivity index (χ0n) is 21.2. The number of aromatic amines is 3. The maximum absolute atomic E-state index is 13.8. The van der Waals surface area contributed by atoms with Gasteiger partial charge in [-0.1, -0.05) is 48.5 Å². The molecule has 0 saturated heterocycles. The van der Waals surface area contributed by atoms with Crippen molar-refractivity contribution >= 4 is 44.6 Å². The van der Waals surface area contributed by atoms with E-state index < -0.39 is 35.2 Å². The van der Waals surface area contributed by atoms with E-state index in [2.05, 4.69) is 20.3 Å². The van der Waals surface area contributed by atoms with E-state index in [1.807, 2.05) is 48.5 Å². The first-order valence-electron chi connectivity index (χ1n) is 12.8. The van der Waals surface area contributed by atoms with E-state index in [1.165, 1.54) is 0 Å². The number of carbonyl (C=O) groups is 2. The molecule has 6 rings (SSSR count). The summed E-state index contributed by atoms with van der Waals surface area (Å²) in [6.07, 6.45) is 3.44. The molecule has 0 aliphatic carbocycles. The fourth-order valence-corrected chi connectivity index (χ4v) is 5.26. The molecule has 40 heavy (non-hydrogen) atoms. The van der Waals surface area contributed by atoms with Crippen LogP contribution in [-0.4, -0.2) is 42.5 Å². The quantitative estimate of drug-likeness (QED) is 0.203. The number of amides is 1. The maximum Gasteiger partial charge on any atom is 0.329 e. The molecule has 3 aromatic heterocycles. The van der Waals surface area contributed by atoms with Gasteiger partial charge in [0.15, 0.2) is 0 Å². The maximum atomic E-state index is 13.8. The second kappa shape index (κ2) is 10.1. The highest BCUT2D eigenvalue weighted by molar-refractivity contribution is 5.89. The molecule has 0 spiro atoms. The summed E-state index contributed by atoms with van der Waals surface area (Å²) >= 11 is 0. The molecule has 0 fully saturated rings. The average Bonchev–Trinajstić information content (AvgIpc) is 3.56. The molecule has 2 atom stereocenters. The normalized spacial score (nSPS) is 13.0. The van der Waals surface area contributed by atoms with Crippen LogP contribution in [0, 0.1) is 0 Å². The Kier molecular flexibility index (Phi) is 6.27. The molecule has 200 valence electrons. The average molecular weight is 536 g/mol. The standard InChI is InChI=1S/C30H25N5O5/c36-27(33-25(29(38)39)13-17-15-31-22-10-4-1-7-19(17)22)26(14-18-16-32-23-11-5-2-8-20(18)23)35-28(37)21-9-3-6-12-24(21)34-30(35)40/h1-12,15-16,25-26,31-32H,13-14H2,(H,33,36)(H,34,40)(H,38,39)/t25-,26-/m0/s1. The topological polar surface area (TPSA) is 153 Å². The number of fused-ring (bicyclic) bond motifs is 3. The Bertz CT molecular complexity index is 2010. The van der Waals surface area contributed by atoms with Gasteiger partial charge in [-0.25, -0.2) is 14.2 Å². The number of carboxylic acid groups (broad SMARTS) is 1. The van der Waals surface area contributed by atoms with Crippen LogP contribution in [0.15, 0.2) is 94.8 Å². The van der Waals surface area contributed by atoms with Gasteiger partial charge in [-0.2, -0.15) is 0 Å². The third kappa shape index (κ3) is 4.45. The summed E-state index contributed by atoms with van der Waals surface area (Å²) in [5, 5.41) is 14.6. The molecule has 3 aromatic carbocycles. The second-order valence-electron chi connectivity index (χ2n) is 9.69. The number of carboxylic acids is 1. The molecular formula is C30H25N5O5. The lowest BCUT2D eigenvalue weighted by Crippen LogP contribution is -2.50. The number of carbonyl (C=O) groups excluding carboxylic acids is 1. The number of H-pyrrole nitrogens is 3. The minimum Gasteiger partial charge on any atom is -0.480 e. The van der Waals surface area contributed by atoms with Crippen LogP contribution in [0.2, 0.25) is 0 Å². The van der Waals surface area contributed by atoms with Gasteiger partial charge in [-0.3, -0.25) is 9.59 Å². The summed E-state index contributed by atoms with van der Waals surface area (Å²) in [5.41, 5.74) is 2.06. The van der Waals surface area contributed by atoms with E-state index in [0.29, 0.717) is 11.1 Å². The van der Waals surface area contributed by atoms with Crippen LogP contribution >= 0.6 is 0 Å². The van der Waals surface area contributed by atoms with Crippen LogP contribution in [0.4, 0.5) is 0 Å². The molecular weight excluding hydrogens is 510 g/mol. The molecule has 0 saturated carbocycles. The van der Waals surface area contributed by atoms with E-state index in [-0.39, 0.29) is 18.2 Å². The number of aromatic nitrogens is 4. The van der Waals surface area contributed by atoms with Crippen LogP contribution in [0.5, 0.6) is 0 Å². The van der Waals surface area contributed by atoms with Crippen molar-refractivity contribution in [2.24, 2.45) is 0 Å². The Balaban J connectivity index is 1.41. The largest absolute Gasteiger partial charge is 0.480 e. The number of nitrogens with zero attached hydrogens (tertiary/aromatic N) is 1. The van der Waals surface area contributed by atoms with Crippen LogP contribution in [0.25, 0.3) is 32.7 Å². The van der Waals surface area contributed by atoms with Crippen molar-refractivity contribution in [3.63, 3.8) is 0 Å². The fourth-order valence-electron chi connectivity index (χ4n) is 5.26. The summed E-state index contributed by atoms with van der Waals surface area (Å²) in [4.78, 5) is 61.8. The van der Waals surface area contributed by atoms with E-state index in [1.54, 1.807) is 36.7 Å². The lowest BCUT2D eigenvalue weighted by Gasteiger charge is -2.22. The van der Waals surface area contributed by atoms with Gasteiger partial charge in [-0.15, -0.1) is 0 Å². The Hall–Kier alpha value is -5.38. The third-order valence-electron chi connectivity index (χ3n) is 7.25. The Morgan fingerprint density at radius 1 is 0.750 bits per heavy atom. The van der Waals surface area contributed by atoms with Gasteiger partial charge in [-0.05, 0) is 35.4 Å². The van der Waals surface area contributed by atoms with Crippen LogP contribution in [0.3, 0.4) is 0 Å². The zero-order valence-corrected chi connectivity index (χ0v) is 21.2. The smallest absolute Gasteiger partial charge is 0.329 e. The first-order chi connectivity index (χ1) is 19.4. The van der Waals surface area contributed by atoms with Gasteiger partial charge in [0.05, 0.1) is 10.9 Å². The van der Waals surface area contributed by atoms with Crippen molar-refractivity contribution in [3.05, 3.63) is 117 Å². The molecule has 5 N–H and O–H groups in total. The predicted molar refractivity (Wildman–Crippen MR) is 151 cm³/mol. The first kappa shape index (κ1) is 24.9. The number of nitrogens with one attached hydrogen (secondary N) is 4. The number of rotatable bonds is 8. The predicted octanol–water partition coefficient (Wildman–Crippen LogP) is 3.25. The van der Waals surface area contributed by atoms with Crippen molar-refractivity contribution in [2.45, 2.75) is 24.9 Å².